The van der Waals surface area contributed by atoms with Crippen molar-refractivity contribution in [2.75, 3.05) is 19.0 Å². The predicted octanol–water partition coefficient (Wildman–Crippen LogP) is 3.85. The van der Waals surface area contributed by atoms with E-state index in [0.29, 0.717) is 40.6 Å². The summed E-state index contributed by atoms with van der Waals surface area (Å²) in [5.74, 6) is -1.04. The summed E-state index contributed by atoms with van der Waals surface area (Å²) in [5, 5.41) is 12.1. The lowest BCUT2D eigenvalue weighted by Gasteiger charge is -2.37. The normalized spacial score (nSPS) is 16.0. The van der Waals surface area contributed by atoms with Gasteiger partial charge in [0.15, 0.2) is 0 Å². The van der Waals surface area contributed by atoms with Crippen LogP contribution >= 0.6 is 11.6 Å². The number of ether oxygens (including phenoxy) is 1. The van der Waals surface area contributed by atoms with Crippen LogP contribution in [0, 0.1) is 5.82 Å². The second kappa shape index (κ2) is 7.21. The second-order valence-corrected chi connectivity index (χ2v) is 6.24. The van der Waals surface area contributed by atoms with Crippen LogP contribution in [-0.2, 0) is 4.79 Å². The lowest BCUT2D eigenvalue weighted by molar-refractivity contribution is -0.145. The average molecular weight is 379 g/mol. The van der Waals surface area contributed by atoms with Crippen LogP contribution in [0.25, 0.3) is 11.1 Å². The first-order valence-electron chi connectivity index (χ1n) is 7.84. The van der Waals surface area contributed by atoms with Crippen molar-refractivity contribution in [3.05, 3.63) is 47.2 Å². The topological polar surface area (TPSA) is 78.9 Å². The molecule has 2 aromatic carbocycles. The third-order valence-electron chi connectivity index (χ3n) is 4.23. The molecule has 3 rings (SSSR count). The van der Waals surface area contributed by atoms with Crippen LogP contribution in [0.15, 0.2) is 36.4 Å². The van der Waals surface area contributed by atoms with Gasteiger partial charge < -0.3 is 20.1 Å². The van der Waals surface area contributed by atoms with Crippen LogP contribution in [0.5, 0.6) is 5.75 Å². The number of carboxylic acid groups (broad SMARTS) is 1. The van der Waals surface area contributed by atoms with Crippen molar-refractivity contribution >= 4 is 29.3 Å². The highest BCUT2D eigenvalue weighted by atomic mass is 35.5. The van der Waals surface area contributed by atoms with Gasteiger partial charge in [-0.1, -0.05) is 23.7 Å². The zero-order valence-electron chi connectivity index (χ0n) is 13.8. The quantitative estimate of drug-likeness (QED) is 0.847. The molecule has 1 fully saturated rings. The first-order valence-corrected chi connectivity index (χ1v) is 8.22. The van der Waals surface area contributed by atoms with Crippen molar-refractivity contribution in [1.82, 2.24) is 4.90 Å². The van der Waals surface area contributed by atoms with Gasteiger partial charge in [0.25, 0.3) is 0 Å². The van der Waals surface area contributed by atoms with Crippen molar-refractivity contribution in [2.45, 2.75) is 12.5 Å². The van der Waals surface area contributed by atoms with Gasteiger partial charge in [0.2, 0.25) is 0 Å². The van der Waals surface area contributed by atoms with Crippen molar-refractivity contribution in [2.24, 2.45) is 0 Å². The molecule has 0 aromatic heterocycles. The second-order valence-electron chi connectivity index (χ2n) is 5.80. The fourth-order valence-electron chi connectivity index (χ4n) is 2.83. The lowest BCUT2D eigenvalue weighted by atomic mass is 10.0. The van der Waals surface area contributed by atoms with Gasteiger partial charge in [-0.2, -0.15) is 0 Å². The Balaban J connectivity index is 1.98. The molecule has 0 radical (unpaired) electrons. The number of hydrogen-bond donors (Lipinski definition) is 2. The lowest BCUT2D eigenvalue weighted by Crippen LogP contribution is -2.56. The maximum atomic E-state index is 13.3. The van der Waals surface area contributed by atoms with E-state index in [1.165, 1.54) is 30.2 Å². The highest BCUT2D eigenvalue weighted by Crippen LogP contribution is 2.40. The number of amides is 2. The van der Waals surface area contributed by atoms with Gasteiger partial charge in [0, 0.05) is 17.1 Å². The molecule has 2 amide bonds. The Morgan fingerprint density at radius 1 is 1.31 bits per heavy atom. The zero-order valence-corrected chi connectivity index (χ0v) is 14.6. The van der Waals surface area contributed by atoms with Gasteiger partial charge in [-0.25, -0.2) is 14.0 Å². The summed E-state index contributed by atoms with van der Waals surface area (Å²) in [4.78, 5) is 24.8. The Hall–Kier alpha value is -2.80. The Labute approximate surface area is 154 Å². The van der Waals surface area contributed by atoms with E-state index in [1.54, 1.807) is 18.2 Å². The summed E-state index contributed by atoms with van der Waals surface area (Å²) in [7, 11) is 1.46. The van der Waals surface area contributed by atoms with E-state index >= 15 is 0 Å². The number of hydrogen-bond acceptors (Lipinski definition) is 3. The molecular weight excluding hydrogens is 363 g/mol. The predicted molar refractivity (Wildman–Crippen MR) is 95.2 cm³/mol. The summed E-state index contributed by atoms with van der Waals surface area (Å²) >= 11 is 6.10. The van der Waals surface area contributed by atoms with E-state index in [-0.39, 0.29) is 0 Å². The Morgan fingerprint density at radius 2 is 2.00 bits per heavy atom. The number of rotatable bonds is 4. The van der Waals surface area contributed by atoms with E-state index in [1.807, 2.05) is 0 Å². The molecule has 0 saturated carbocycles. The van der Waals surface area contributed by atoms with Gasteiger partial charge in [-0.05, 0) is 36.2 Å². The molecule has 2 aromatic rings. The van der Waals surface area contributed by atoms with Crippen molar-refractivity contribution < 1.29 is 23.8 Å². The van der Waals surface area contributed by atoms with Crippen LogP contribution in [0.1, 0.15) is 6.42 Å². The van der Waals surface area contributed by atoms with Crippen molar-refractivity contribution in [3.63, 3.8) is 0 Å². The van der Waals surface area contributed by atoms with Gasteiger partial charge >= 0.3 is 12.0 Å². The first-order chi connectivity index (χ1) is 12.4. The molecule has 1 heterocycles. The molecule has 0 bridgehead atoms. The molecule has 1 atom stereocenters. The minimum absolute atomic E-state index is 0.335. The fraction of sp³-hybridized carbons (Fsp3) is 0.222. The standard InChI is InChI=1S/C18H16ClFN2O4/c1-26-15-9-11(19)8-13(16(15)10-2-4-12(20)5-3-10)21-18(25)22-7-6-14(22)17(23)24/h2-5,8-9,14H,6-7H2,1H3,(H,21,25)(H,23,24)/t14-/m1/s1. The molecule has 0 unspecified atom stereocenters. The molecule has 0 aliphatic carbocycles. The number of nitrogens with one attached hydrogen (secondary N) is 1. The molecule has 1 aliphatic rings. The molecule has 6 nitrogen and oxygen atoms in total. The number of aliphatic carboxylic acids is 1. The fourth-order valence-corrected chi connectivity index (χ4v) is 3.04. The number of carbonyl (C=O) groups is 2. The number of halogens is 2. The molecular formula is C18H16ClFN2O4. The van der Waals surface area contributed by atoms with Crippen LogP contribution in [-0.4, -0.2) is 41.7 Å². The largest absolute Gasteiger partial charge is 0.496 e. The third-order valence-corrected chi connectivity index (χ3v) is 4.45. The van der Waals surface area contributed by atoms with Crippen molar-refractivity contribution in [1.29, 1.82) is 0 Å². The Morgan fingerprint density at radius 3 is 2.54 bits per heavy atom. The van der Waals surface area contributed by atoms with E-state index in [2.05, 4.69) is 5.32 Å². The Bertz CT molecular complexity index is 857. The maximum absolute atomic E-state index is 13.3. The molecule has 1 aliphatic heterocycles. The molecule has 0 spiro atoms. The SMILES string of the molecule is COc1cc(Cl)cc(NC(=O)N2CC[C@@H]2C(=O)O)c1-c1ccc(F)cc1. The summed E-state index contributed by atoms with van der Waals surface area (Å²) in [6.45, 7) is 0.354. The van der Waals surface area contributed by atoms with Gasteiger partial charge in [-0.15, -0.1) is 0 Å². The number of carboxylic acids is 1. The van der Waals surface area contributed by atoms with Gasteiger partial charge in [-0.3, -0.25) is 0 Å². The number of anilines is 1. The number of urea groups is 1. The van der Waals surface area contributed by atoms with Crippen LogP contribution < -0.4 is 10.1 Å². The van der Waals surface area contributed by atoms with Gasteiger partial charge in [0.05, 0.1) is 12.8 Å². The summed E-state index contributed by atoms with van der Waals surface area (Å²) in [6, 6.07) is 7.44. The van der Waals surface area contributed by atoms with E-state index in [9.17, 15) is 14.0 Å². The van der Waals surface area contributed by atoms with Crippen LogP contribution in [0.3, 0.4) is 0 Å². The van der Waals surface area contributed by atoms with Crippen molar-refractivity contribution in [3.8, 4) is 16.9 Å². The number of methoxy groups -OCH3 is 1. The molecule has 2 N–H and O–H groups in total. The molecule has 26 heavy (non-hydrogen) atoms. The van der Waals surface area contributed by atoms with Crippen LogP contribution in [0.2, 0.25) is 5.02 Å². The van der Waals surface area contributed by atoms with E-state index in [0.717, 1.165) is 0 Å². The van der Waals surface area contributed by atoms with Crippen LogP contribution in [0.4, 0.5) is 14.9 Å². The molecule has 1 saturated heterocycles. The highest BCUT2D eigenvalue weighted by Gasteiger charge is 2.37. The smallest absolute Gasteiger partial charge is 0.326 e. The van der Waals surface area contributed by atoms with E-state index < -0.39 is 23.9 Å². The van der Waals surface area contributed by atoms with E-state index in [4.69, 9.17) is 21.4 Å². The summed E-state index contributed by atoms with van der Waals surface area (Å²) in [5.41, 5.74) is 1.49. The first kappa shape index (κ1) is 18.0. The summed E-state index contributed by atoms with van der Waals surface area (Å²) < 4.78 is 18.6. The average Bonchev–Trinajstić information content (AvgIpc) is 2.53. The Kier molecular flexibility index (Phi) is 4.99. The summed E-state index contributed by atoms with van der Waals surface area (Å²) in [6.07, 6.45) is 0.409. The number of benzene rings is 2. The number of likely N-dealkylation sites (tertiary alicyclic amines) is 1. The monoisotopic (exact) mass is 378 g/mol. The highest BCUT2D eigenvalue weighted by molar-refractivity contribution is 6.31. The minimum Gasteiger partial charge on any atom is -0.496 e. The molecule has 8 heteroatoms. The molecule has 136 valence electrons. The number of carbonyl (C=O) groups excluding carboxylic acids is 1. The zero-order chi connectivity index (χ0) is 18.8. The minimum atomic E-state index is -1.05. The number of nitrogens with zero attached hydrogens (tertiary/aromatic N) is 1. The maximum Gasteiger partial charge on any atom is 0.326 e. The van der Waals surface area contributed by atoms with Gasteiger partial charge in [0.1, 0.15) is 17.6 Å². The third kappa shape index (κ3) is 3.43.